The molecule has 20 heavy (non-hydrogen) atoms. The Morgan fingerprint density at radius 2 is 2.20 bits per heavy atom. The normalized spacial score (nSPS) is 22.3. The van der Waals surface area contributed by atoms with E-state index >= 15 is 0 Å². The minimum atomic E-state index is -0.610. The van der Waals surface area contributed by atoms with Crippen LogP contribution in [0.2, 0.25) is 0 Å². The second-order valence-corrected chi connectivity index (χ2v) is 6.00. The average Bonchev–Trinajstić information content (AvgIpc) is 2.77. The lowest BCUT2D eigenvalue weighted by atomic mass is 9.68. The standard InChI is InChI=1S/C15H18N2O2S/c16-13(20)15(6-3-7-15)14(18)17-9-11-8-10-4-1-2-5-12(10)19-11/h1-2,4-5,11H,3,6-9H2,(H2,16,20)(H,17,18). The molecule has 0 aromatic heterocycles. The first-order chi connectivity index (χ1) is 9.62. The zero-order chi connectivity index (χ0) is 14.2. The topological polar surface area (TPSA) is 64.4 Å². The summed E-state index contributed by atoms with van der Waals surface area (Å²) in [5.41, 5.74) is 6.31. The molecule has 0 bridgehead atoms. The van der Waals surface area contributed by atoms with Crippen molar-refractivity contribution >= 4 is 23.1 Å². The number of amides is 1. The number of carbonyl (C=O) groups is 1. The van der Waals surface area contributed by atoms with E-state index in [-0.39, 0.29) is 12.0 Å². The Morgan fingerprint density at radius 1 is 1.45 bits per heavy atom. The number of hydrogen-bond donors (Lipinski definition) is 2. The molecular formula is C15H18N2O2S. The van der Waals surface area contributed by atoms with Gasteiger partial charge in [-0.25, -0.2) is 0 Å². The van der Waals surface area contributed by atoms with Crippen LogP contribution in [0.3, 0.4) is 0 Å². The van der Waals surface area contributed by atoms with Crippen molar-refractivity contribution in [2.45, 2.75) is 31.8 Å². The number of ether oxygens (including phenoxy) is 1. The Morgan fingerprint density at radius 3 is 2.80 bits per heavy atom. The molecular weight excluding hydrogens is 272 g/mol. The Balaban J connectivity index is 1.56. The number of para-hydroxylation sites is 1. The summed E-state index contributed by atoms with van der Waals surface area (Å²) in [5, 5.41) is 2.95. The largest absolute Gasteiger partial charge is 0.488 e. The molecule has 1 aromatic rings. The molecule has 1 aromatic carbocycles. The molecule has 0 spiro atoms. The Labute approximate surface area is 123 Å². The van der Waals surface area contributed by atoms with E-state index in [2.05, 4.69) is 11.4 Å². The Bertz CT molecular complexity index is 530. The van der Waals surface area contributed by atoms with Crippen molar-refractivity contribution in [3.8, 4) is 5.75 Å². The van der Waals surface area contributed by atoms with Gasteiger partial charge in [0, 0.05) is 6.42 Å². The molecule has 4 nitrogen and oxygen atoms in total. The monoisotopic (exact) mass is 290 g/mol. The molecule has 5 heteroatoms. The minimum absolute atomic E-state index is 0.000164. The zero-order valence-corrected chi connectivity index (χ0v) is 12.0. The predicted molar refractivity (Wildman–Crippen MR) is 80.6 cm³/mol. The molecule has 1 saturated carbocycles. The van der Waals surface area contributed by atoms with Gasteiger partial charge in [-0.05, 0) is 24.5 Å². The molecule has 2 aliphatic rings. The van der Waals surface area contributed by atoms with Crippen LogP contribution in [0.25, 0.3) is 0 Å². The second-order valence-electron chi connectivity index (χ2n) is 5.56. The number of nitrogens with one attached hydrogen (secondary N) is 1. The van der Waals surface area contributed by atoms with Crippen LogP contribution in [-0.4, -0.2) is 23.5 Å². The van der Waals surface area contributed by atoms with E-state index in [1.807, 2.05) is 18.2 Å². The van der Waals surface area contributed by atoms with Gasteiger partial charge < -0.3 is 15.8 Å². The number of hydrogen-bond acceptors (Lipinski definition) is 3. The molecule has 1 heterocycles. The van der Waals surface area contributed by atoms with Crippen LogP contribution in [-0.2, 0) is 11.2 Å². The first-order valence-electron chi connectivity index (χ1n) is 6.94. The number of benzene rings is 1. The van der Waals surface area contributed by atoms with Crippen molar-refractivity contribution in [3.05, 3.63) is 29.8 Å². The number of fused-ring (bicyclic) bond motifs is 1. The highest BCUT2D eigenvalue weighted by Crippen LogP contribution is 2.41. The van der Waals surface area contributed by atoms with Crippen LogP contribution >= 0.6 is 12.2 Å². The molecule has 1 unspecified atom stereocenters. The third kappa shape index (κ3) is 2.16. The lowest BCUT2D eigenvalue weighted by molar-refractivity contribution is -0.131. The molecule has 3 rings (SSSR count). The van der Waals surface area contributed by atoms with Gasteiger partial charge in [-0.2, -0.15) is 0 Å². The zero-order valence-electron chi connectivity index (χ0n) is 11.2. The third-order valence-electron chi connectivity index (χ3n) is 4.32. The van der Waals surface area contributed by atoms with E-state index in [0.717, 1.165) is 31.4 Å². The maximum Gasteiger partial charge on any atom is 0.233 e. The van der Waals surface area contributed by atoms with E-state index in [0.29, 0.717) is 11.5 Å². The van der Waals surface area contributed by atoms with Crippen molar-refractivity contribution in [3.63, 3.8) is 0 Å². The second kappa shape index (κ2) is 5.05. The number of carbonyl (C=O) groups excluding carboxylic acids is 1. The number of nitrogens with two attached hydrogens (primary N) is 1. The van der Waals surface area contributed by atoms with Gasteiger partial charge in [0.05, 0.1) is 16.9 Å². The van der Waals surface area contributed by atoms with Crippen molar-refractivity contribution in [1.29, 1.82) is 0 Å². The quantitative estimate of drug-likeness (QED) is 0.826. The van der Waals surface area contributed by atoms with Crippen molar-refractivity contribution < 1.29 is 9.53 Å². The van der Waals surface area contributed by atoms with Crippen LogP contribution in [0.1, 0.15) is 24.8 Å². The highest BCUT2D eigenvalue weighted by molar-refractivity contribution is 7.80. The number of thiocarbonyl (C=S) groups is 1. The minimum Gasteiger partial charge on any atom is -0.488 e. The molecule has 0 radical (unpaired) electrons. The average molecular weight is 290 g/mol. The summed E-state index contributed by atoms with van der Waals surface area (Å²) >= 11 is 5.05. The molecule has 1 fully saturated rings. The molecule has 106 valence electrons. The van der Waals surface area contributed by atoms with E-state index < -0.39 is 5.41 Å². The van der Waals surface area contributed by atoms with Crippen LogP contribution in [0.4, 0.5) is 0 Å². The molecule has 1 aliphatic heterocycles. The SMILES string of the molecule is NC(=S)C1(C(=O)NCC2Cc3ccccc3O2)CCC1. The fraction of sp³-hybridized carbons (Fsp3) is 0.467. The molecule has 3 N–H and O–H groups in total. The lowest BCUT2D eigenvalue weighted by Gasteiger charge is -2.39. The summed E-state index contributed by atoms with van der Waals surface area (Å²) in [6, 6.07) is 7.97. The van der Waals surface area contributed by atoms with Gasteiger partial charge in [-0.1, -0.05) is 36.8 Å². The predicted octanol–water partition coefficient (Wildman–Crippen LogP) is 1.56. The van der Waals surface area contributed by atoms with Gasteiger partial charge in [0.25, 0.3) is 0 Å². The molecule has 1 aliphatic carbocycles. The van der Waals surface area contributed by atoms with E-state index in [1.54, 1.807) is 0 Å². The maximum atomic E-state index is 12.3. The van der Waals surface area contributed by atoms with Gasteiger partial charge in [0.2, 0.25) is 5.91 Å². The van der Waals surface area contributed by atoms with Crippen molar-refractivity contribution in [2.75, 3.05) is 6.54 Å². The lowest BCUT2D eigenvalue weighted by Crippen LogP contribution is -2.54. The fourth-order valence-corrected chi connectivity index (χ4v) is 3.16. The van der Waals surface area contributed by atoms with Crippen LogP contribution in [0, 0.1) is 5.41 Å². The van der Waals surface area contributed by atoms with Gasteiger partial charge in [-0.15, -0.1) is 0 Å². The highest BCUT2D eigenvalue weighted by atomic mass is 32.1. The summed E-state index contributed by atoms with van der Waals surface area (Å²) in [7, 11) is 0. The molecule has 1 amide bonds. The van der Waals surface area contributed by atoms with E-state index in [9.17, 15) is 4.79 Å². The summed E-state index contributed by atoms with van der Waals surface area (Å²) in [5.74, 6) is 0.871. The molecule has 1 atom stereocenters. The summed E-state index contributed by atoms with van der Waals surface area (Å²) in [4.78, 5) is 12.6. The van der Waals surface area contributed by atoms with Crippen LogP contribution < -0.4 is 15.8 Å². The molecule has 0 saturated heterocycles. The first kappa shape index (κ1) is 13.4. The summed E-state index contributed by atoms with van der Waals surface area (Å²) in [6.07, 6.45) is 3.37. The number of rotatable bonds is 4. The Hall–Kier alpha value is -1.62. The van der Waals surface area contributed by atoms with Crippen molar-refractivity contribution in [1.82, 2.24) is 5.32 Å². The van der Waals surface area contributed by atoms with Gasteiger partial charge in [0.15, 0.2) is 0 Å². The third-order valence-corrected chi connectivity index (χ3v) is 4.71. The fourth-order valence-electron chi connectivity index (χ4n) is 2.86. The van der Waals surface area contributed by atoms with Gasteiger partial charge in [0.1, 0.15) is 11.9 Å². The first-order valence-corrected chi connectivity index (χ1v) is 7.35. The van der Waals surface area contributed by atoms with Crippen LogP contribution in [0.15, 0.2) is 24.3 Å². The van der Waals surface area contributed by atoms with Gasteiger partial charge >= 0.3 is 0 Å². The maximum absolute atomic E-state index is 12.3. The Kier molecular flexibility index (Phi) is 3.38. The smallest absolute Gasteiger partial charge is 0.233 e. The van der Waals surface area contributed by atoms with E-state index in [4.69, 9.17) is 22.7 Å². The van der Waals surface area contributed by atoms with E-state index in [1.165, 1.54) is 5.56 Å². The summed E-state index contributed by atoms with van der Waals surface area (Å²) < 4.78 is 5.80. The van der Waals surface area contributed by atoms with Crippen molar-refractivity contribution in [2.24, 2.45) is 11.1 Å². The summed E-state index contributed by atoms with van der Waals surface area (Å²) in [6.45, 7) is 0.498. The van der Waals surface area contributed by atoms with Gasteiger partial charge in [-0.3, -0.25) is 4.79 Å². The highest BCUT2D eigenvalue weighted by Gasteiger charge is 2.47. The van der Waals surface area contributed by atoms with Crippen LogP contribution in [0.5, 0.6) is 5.75 Å².